The van der Waals surface area contributed by atoms with Crippen molar-refractivity contribution in [1.29, 1.82) is 0 Å². The number of fused-ring (bicyclic) bond motifs is 2. The Morgan fingerprint density at radius 2 is 2.10 bits per heavy atom. The molecule has 0 saturated heterocycles. The van der Waals surface area contributed by atoms with Crippen LogP contribution in [0.4, 0.5) is 4.39 Å². The molecule has 0 radical (unpaired) electrons. The lowest BCUT2D eigenvalue weighted by atomic mass is 9.89. The molecule has 5 heteroatoms. The summed E-state index contributed by atoms with van der Waals surface area (Å²) in [7, 11) is -3.53. The average molecular weight is 297 g/mol. The Kier molecular flexibility index (Phi) is 3.58. The van der Waals surface area contributed by atoms with Gasteiger partial charge < -0.3 is 0 Å². The second kappa shape index (κ2) is 5.11. The van der Waals surface area contributed by atoms with E-state index in [1.165, 1.54) is 37.5 Å². The maximum Gasteiger partial charge on any atom is 0.240 e. The highest BCUT2D eigenvalue weighted by Crippen LogP contribution is 2.48. The SMILES string of the molecule is Cc1cc(F)ccc1S(=O)(=O)NC[C@H]1C[C@@H]2CC[C@H]1C2. The summed E-state index contributed by atoms with van der Waals surface area (Å²) in [6.45, 7) is 2.13. The van der Waals surface area contributed by atoms with Gasteiger partial charge in [0.2, 0.25) is 10.0 Å². The van der Waals surface area contributed by atoms with Gasteiger partial charge in [0, 0.05) is 6.54 Å². The van der Waals surface area contributed by atoms with E-state index in [4.69, 9.17) is 0 Å². The quantitative estimate of drug-likeness (QED) is 0.929. The largest absolute Gasteiger partial charge is 0.240 e. The standard InChI is InChI=1S/C15H20FNO2S/c1-10-6-14(16)4-5-15(10)20(18,19)17-9-13-8-11-2-3-12(13)7-11/h4-6,11-13,17H,2-3,7-9H2,1H3/t11-,12+,13-/m1/s1. The molecule has 1 aromatic rings. The fourth-order valence-electron chi connectivity index (χ4n) is 3.84. The van der Waals surface area contributed by atoms with E-state index in [9.17, 15) is 12.8 Å². The molecule has 2 bridgehead atoms. The van der Waals surface area contributed by atoms with Crippen LogP contribution in [0, 0.1) is 30.5 Å². The van der Waals surface area contributed by atoms with Crippen LogP contribution in [0.5, 0.6) is 0 Å². The van der Waals surface area contributed by atoms with Gasteiger partial charge in [0.15, 0.2) is 0 Å². The number of hydrogen-bond donors (Lipinski definition) is 1. The first kappa shape index (κ1) is 14.0. The summed E-state index contributed by atoms with van der Waals surface area (Å²) in [6, 6.07) is 3.79. The van der Waals surface area contributed by atoms with E-state index in [-0.39, 0.29) is 4.90 Å². The van der Waals surface area contributed by atoms with Gasteiger partial charge in [0.05, 0.1) is 4.90 Å². The monoisotopic (exact) mass is 297 g/mol. The number of nitrogens with one attached hydrogen (secondary N) is 1. The molecule has 3 atom stereocenters. The van der Waals surface area contributed by atoms with Gasteiger partial charge in [0.1, 0.15) is 5.82 Å². The van der Waals surface area contributed by atoms with E-state index in [2.05, 4.69) is 4.72 Å². The van der Waals surface area contributed by atoms with Crippen molar-refractivity contribution in [3.05, 3.63) is 29.6 Å². The average Bonchev–Trinajstić information content (AvgIpc) is 2.98. The van der Waals surface area contributed by atoms with E-state index < -0.39 is 15.8 Å². The second-order valence-corrected chi connectivity index (χ2v) is 7.93. The van der Waals surface area contributed by atoms with Gasteiger partial charge in [-0.2, -0.15) is 0 Å². The topological polar surface area (TPSA) is 46.2 Å². The molecule has 1 aromatic carbocycles. The summed E-state index contributed by atoms with van der Waals surface area (Å²) in [4.78, 5) is 0.182. The van der Waals surface area contributed by atoms with Crippen LogP contribution in [0.15, 0.2) is 23.1 Å². The number of rotatable bonds is 4. The fourth-order valence-corrected chi connectivity index (χ4v) is 5.15. The highest BCUT2D eigenvalue weighted by molar-refractivity contribution is 7.89. The van der Waals surface area contributed by atoms with Gasteiger partial charge in [-0.3, -0.25) is 0 Å². The molecular formula is C15H20FNO2S. The van der Waals surface area contributed by atoms with E-state index in [0.717, 1.165) is 12.3 Å². The minimum Gasteiger partial charge on any atom is -0.211 e. The van der Waals surface area contributed by atoms with Crippen LogP contribution in [0.2, 0.25) is 0 Å². The maximum atomic E-state index is 13.1. The first-order valence-corrected chi connectivity index (χ1v) is 8.70. The molecule has 0 aliphatic heterocycles. The number of benzene rings is 1. The normalized spacial score (nSPS) is 29.0. The molecular weight excluding hydrogens is 277 g/mol. The van der Waals surface area contributed by atoms with Gasteiger partial charge >= 0.3 is 0 Å². The van der Waals surface area contributed by atoms with Crippen molar-refractivity contribution in [3.63, 3.8) is 0 Å². The zero-order valence-corrected chi connectivity index (χ0v) is 12.4. The Hall–Kier alpha value is -0.940. The van der Waals surface area contributed by atoms with Crippen molar-refractivity contribution in [2.45, 2.75) is 37.5 Å². The predicted molar refractivity (Wildman–Crippen MR) is 75.3 cm³/mol. The van der Waals surface area contributed by atoms with Crippen molar-refractivity contribution in [1.82, 2.24) is 4.72 Å². The minimum absolute atomic E-state index is 0.182. The molecule has 2 fully saturated rings. The van der Waals surface area contributed by atoms with Crippen LogP contribution >= 0.6 is 0 Å². The van der Waals surface area contributed by atoms with Gasteiger partial charge in [0.25, 0.3) is 0 Å². The molecule has 0 unspecified atom stereocenters. The summed E-state index contributed by atoms with van der Waals surface area (Å²) in [5.41, 5.74) is 0.449. The van der Waals surface area contributed by atoms with Crippen LogP contribution in [-0.4, -0.2) is 15.0 Å². The molecule has 20 heavy (non-hydrogen) atoms. The lowest BCUT2D eigenvalue weighted by Crippen LogP contribution is -2.32. The van der Waals surface area contributed by atoms with E-state index >= 15 is 0 Å². The molecule has 2 aliphatic carbocycles. The van der Waals surface area contributed by atoms with Gasteiger partial charge in [-0.05, 0) is 67.7 Å². The Morgan fingerprint density at radius 1 is 1.30 bits per heavy atom. The number of hydrogen-bond acceptors (Lipinski definition) is 2. The zero-order chi connectivity index (χ0) is 14.3. The highest BCUT2D eigenvalue weighted by Gasteiger charge is 2.39. The third-order valence-electron chi connectivity index (χ3n) is 4.85. The van der Waals surface area contributed by atoms with Crippen molar-refractivity contribution >= 4 is 10.0 Å². The van der Waals surface area contributed by atoms with E-state index in [1.807, 2.05) is 0 Å². The molecule has 110 valence electrons. The molecule has 0 spiro atoms. The summed E-state index contributed by atoms with van der Waals surface area (Å²) in [5.74, 6) is 1.57. The molecule has 2 aliphatic rings. The lowest BCUT2D eigenvalue weighted by molar-refractivity contribution is 0.333. The molecule has 2 saturated carbocycles. The van der Waals surface area contributed by atoms with Gasteiger partial charge in [-0.15, -0.1) is 0 Å². The third kappa shape index (κ3) is 2.61. The van der Waals surface area contributed by atoms with Crippen molar-refractivity contribution in [2.24, 2.45) is 17.8 Å². The first-order chi connectivity index (χ1) is 9.45. The maximum absolute atomic E-state index is 13.1. The number of aryl methyl sites for hydroxylation is 1. The predicted octanol–water partition coefficient (Wildman–Crippen LogP) is 2.85. The number of sulfonamides is 1. The van der Waals surface area contributed by atoms with Gasteiger partial charge in [-0.25, -0.2) is 17.5 Å². The van der Waals surface area contributed by atoms with Crippen molar-refractivity contribution in [3.8, 4) is 0 Å². The lowest BCUT2D eigenvalue weighted by Gasteiger charge is -2.22. The molecule has 3 rings (SSSR count). The molecule has 1 N–H and O–H groups in total. The number of halogens is 1. The highest BCUT2D eigenvalue weighted by atomic mass is 32.2. The third-order valence-corrected chi connectivity index (χ3v) is 6.43. The van der Waals surface area contributed by atoms with Crippen molar-refractivity contribution < 1.29 is 12.8 Å². The summed E-state index contributed by atoms with van der Waals surface area (Å²) in [5, 5.41) is 0. The Balaban J connectivity index is 1.69. The molecule has 0 heterocycles. The first-order valence-electron chi connectivity index (χ1n) is 7.21. The molecule has 3 nitrogen and oxygen atoms in total. The fraction of sp³-hybridized carbons (Fsp3) is 0.600. The van der Waals surface area contributed by atoms with Gasteiger partial charge in [-0.1, -0.05) is 6.42 Å². The Labute approximate surface area is 119 Å². The zero-order valence-electron chi connectivity index (χ0n) is 11.6. The molecule has 0 amide bonds. The summed E-state index contributed by atoms with van der Waals surface area (Å²) in [6.07, 6.45) is 4.97. The Bertz CT molecular complexity index is 614. The van der Waals surface area contributed by atoms with E-state index in [0.29, 0.717) is 23.9 Å². The van der Waals surface area contributed by atoms with E-state index in [1.54, 1.807) is 6.92 Å². The smallest absolute Gasteiger partial charge is 0.211 e. The second-order valence-electron chi connectivity index (χ2n) is 6.20. The van der Waals surface area contributed by atoms with Crippen LogP contribution < -0.4 is 4.72 Å². The summed E-state index contributed by atoms with van der Waals surface area (Å²) >= 11 is 0. The van der Waals surface area contributed by atoms with Crippen LogP contribution in [0.1, 0.15) is 31.2 Å². The van der Waals surface area contributed by atoms with Crippen LogP contribution in [-0.2, 0) is 10.0 Å². The van der Waals surface area contributed by atoms with Crippen LogP contribution in [0.25, 0.3) is 0 Å². The molecule has 0 aromatic heterocycles. The van der Waals surface area contributed by atoms with Crippen molar-refractivity contribution in [2.75, 3.05) is 6.54 Å². The van der Waals surface area contributed by atoms with Crippen LogP contribution in [0.3, 0.4) is 0 Å². The summed E-state index contributed by atoms with van der Waals surface area (Å²) < 4.78 is 40.4. The Morgan fingerprint density at radius 3 is 2.70 bits per heavy atom. The minimum atomic E-state index is -3.53.